The molecule has 0 aliphatic rings. The lowest BCUT2D eigenvalue weighted by Gasteiger charge is -2.06. The minimum absolute atomic E-state index is 0.102. The molecule has 32 heavy (non-hydrogen) atoms. The Labute approximate surface area is 183 Å². The molecule has 0 aliphatic carbocycles. The number of aryl methyl sites for hydroxylation is 1. The van der Waals surface area contributed by atoms with Gasteiger partial charge in [0, 0.05) is 36.0 Å². The van der Waals surface area contributed by atoms with Crippen LogP contribution in [0.5, 0.6) is 0 Å². The van der Waals surface area contributed by atoms with Gasteiger partial charge in [-0.1, -0.05) is 0 Å². The Morgan fingerprint density at radius 1 is 1.03 bits per heavy atom. The van der Waals surface area contributed by atoms with Crippen LogP contribution in [0.3, 0.4) is 0 Å². The van der Waals surface area contributed by atoms with Gasteiger partial charge in [0.05, 0.1) is 28.3 Å². The standard InChI is InChI=1S/C24H20N3O5/c1-3-32-24(29)20-15-22(23(28)17-4-6-19(7-5-17)27(30)31)26-13-10-18(14-21(20)26)16-8-11-25(2)12-9-16/h4-15H,3H2,1-2H3/q+1. The van der Waals surface area contributed by atoms with Gasteiger partial charge in [0.15, 0.2) is 12.4 Å². The summed E-state index contributed by atoms with van der Waals surface area (Å²) >= 11 is 0. The van der Waals surface area contributed by atoms with Gasteiger partial charge in [-0.05, 0) is 48.4 Å². The van der Waals surface area contributed by atoms with Crippen LogP contribution < -0.4 is 4.57 Å². The van der Waals surface area contributed by atoms with Gasteiger partial charge in [-0.15, -0.1) is 0 Å². The zero-order chi connectivity index (χ0) is 22.8. The first kappa shape index (κ1) is 20.9. The Balaban J connectivity index is 1.83. The minimum atomic E-state index is -0.524. The zero-order valence-electron chi connectivity index (χ0n) is 17.5. The molecule has 0 atom stereocenters. The molecular weight excluding hydrogens is 410 g/mol. The number of pyridine rings is 2. The Kier molecular flexibility index (Phi) is 5.51. The second kappa shape index (κ2) is 8.43. The maximum Gasteiger partial charge on any atom is 0.340 e. The lowest BCUT2D eigenvalue weighted by Crippen LogP contribution is -2.25. The van der Waals surface area contributed by atoms with E-state index in [4.69, 9.17) is 4.74 Å². The van der Waals surface area contributed by atoms with Gasteiger partial charge in [-0.2, -0.15) is 0 Å². The number of ketones is 1. The van der Waals surface area contributed by atoms with Crippen molar-refractivity contribution in [1.29, 1.82) is 0 Å². The number of carbonyl (C=O) groups is 2. The van der Waals surface area contributed by atoms with Crippen LogP contribution in [0.2, 0.25) is 0 Å². The summed E-state index contributed by atoms with van der Waals surface area (Å²) in [5.41, 5.74) is 3.11. The molecule has 3 aromatic heterocycles. The molecule has 8 heteroatoms. The Morgan fingerprint density at radius 3 is 2.34 bits per heavy atom. The van der Waals surface area contributed by atoms with Crippen LogP contribution in [0, 0.1) is 10.1 Å². The van der Waals surface area contributed by atoms with Crippen LogP contribution in [0.15, 0.2) is 73.2 Å². The Bertz CT molecular complexity index is 1340. The number of benzene rings is 1. The topological polar surface area (TPSA) is 94.8 Å². The maximum atomic E-state index is 13.2. The molecule has 0 saturated heterocycles. The number of hydrogen-bond acceptors (Lipinski definition) is 5. The third kappa shape index (κ3) is 3.85. The normalized spacial score (nSPS) is 10.8. The molecule has 0 amide bonds. The van der Waals surface area contributed by atoms with Crippen LogP contribution in [0.25, 0.3) is 16.6 Å². The second-order valence-electron chi connectivity index (χ2n) is 7.22. The monoisotopic (exact) mass is 430 g/mol. The summed E-state index contributed by atoms with van der Waals surface area (Å²) in [6.45, 7) is 1.92. The number of carbonyl (C=O) groups excluding carboxylic acids is 2. The molecule has 160 valence electrons. The highest BCUT2D eigenvalue weighted by Gasteiger charge is 2.22. The molecule has 8 nitrogen and oxygen atoms in total. The van der Waals surface area contributed by atoms with Crippen molar-refractivity contribution in [2.45, 2.75) is 6.92 Å². The van der Waals surface area contributed by atoms with E-state index in [-0.39, 0.29) is 34.9 Å². The van der Waals surface area contributed by atoms with E-state index in [1.54, 1.807) is 17.5 Å². The number of aromatic nitrogens is 2. The molecular formula is C24H20N3O5+. The number of hydrogen-bond donors (Lipinski definition) is 0. The molecule has 4 aromatic rings. The smallest absolute Gasteiger partial charge is 0.340 e. The minimum Gasteiger partial charge on any atom is -0.462 e. The molecule has 1 aromatic carbocycles. The fourth-order valence-corrected chi connectivity index (χ4v) is 3.50. The number of ether oxygens (including phenoxy) is 1. The van der Waals surface area contributed by atoms with E-state index in [1.807, 2.05) is 48.3 Å². The summed E-state index contributed by atoms with van der Waals surface area (Å²) in [6.07, 6.45) is 5.58. The van der Waals surface area contributed by atoms with Crippen molar-refractivity contribution in [2.24, 2.45) is 7.05 Å². The van der Waals surface area contributed by atoms with Crippen LogP contribution in [0.1, 0.15) is 33.3 Å². The highest BCUT2D eigenvalue weighted by atomic mass is 16.6. The van der Waals surface area contributed by atoms with Gasteiger partial charge in [-0.25, -0.2) is 9.36 Å². The van der Waals surface area contributed by atoms with Gasteiger partial charge in [0.1, 0.15) is 7.05 Å². The van der Waals surface area contributed by atoms with Gasteiger partial charge in [-0.3, -0.25) is 14.9 Å². The summed E-state index contributed by atoms with van der Waals surface area (Å²) < 4.78 is 8.76. The lowest BCUT2D eigenvalue weighted by molar-refractivity contribution is -0.671. The van der Waals surface area contributed by atoms with E-state index in [2.05, 4.69) is 0 Å². The molecule has 0 N–H and O–H groups in total. The fourth-order valence-electron chi connectivity index (χ4n) is 3.50. The van der Waals surface area contributed by atoms with Gasteiger partial charge in [0.2, 0.25) is 5.78 Å². The summed E-state index contributed by atoms with van der Waals surface area (Å²) in [6, 6.07) is 14.5. The van der Waals surface area contributed by atoms with E-state index in [0.717, 1.165) is 11.1 Å². The van der Waals surface area contributed by atoms with Crippen molar-refractivity contribution < 1.29 is 23.8 Å². The second-order valence-corrected chi connectivity index (χ2v) is 7.22. The van der Waals surface area contributed by atoms with Crippen LogP contribution in [0.4, 0.5) is 5.69 Å². The van der Waals surface area contributed by atoms with Crippen molar-refractivity contribution in [3.05, 3.63) is 100 Å². The Hall–Kier alpha value is -4.33. The molecule has 0 aliphatic heterocycles. The van der Waals surface area contributed by atoms with E-state index >= 15 is 0 Å². The highest BCUT2D eigenvalue weighted by Crippen LogP contribution is 2.27. The number of esters is 1. The summed E-state index contributed by atoms with van der Waals surface area (Å²) in [7, 11) is 1.93. The predicted molar refractivity (Wildman–Crippen MR) is 116 cm³/mol. The Morgan fingerprint density at radius 2 is 1.72 bits per heavy atom. The van der Waals surface area contributed by atoms with Crippen LogP contribution >= 0.6 is 0 Å². The quantitative estimate of drug-likeness (QED) is 0.153. The van der Waals surface area contributed by atoms with Gasteiger partial charge < -0.3 is 9.14 Å². The van der Waals surface area contributed by atoms with Gasteiger partial charge >= 0.3 is 5.97 Å². The fraction of sp³-hybridized carbons (Fsp3) is 0.125. The highest BCUT2D eigenvalue weighted by molar-refractivity contribution is 6.11. The first-order valence-electron chi connectivity index (χ1n) is 9.96. The van der Waals surface area contributed by atoms with E-state index in [9.17, 15) is 19.7 Å². The summed E-state index contributed by atoms with van der Waals surface area (Å²) in [5.74, 6) is -0.880. The number of nitro benzene ring substituents is 1. The van der Waals surface area contributed by atoms with E-state index < -0.39 is 10.9 Å². The molecule has 0 saturated carbocycles. The van der Waals surface area contributed by atoms with Crippen molar-refractivity contribution in [1.82, 2.24) is 4.40 Å². The average molecular weight is 430 g/mol. The molecule has 0 spiro atoms. The number of fused-ring (bicyclic) bond motifs is 1. The van der Waals surface area contributed by atoms with Crippen molar-refractivity contribution in [2.75, 3.05) is 6.61 Å². The molecule has 0 radical (unpaired) electrons. The molecule has 3 heterocycles. The molecule has 0 fully saturated rings. The van der Waals surface area contributed by atoms with Crippen molar-refractivity contribution in [3.63, 3.8) is 0 Å². The summed E-state index contributed by atoms with van der Waals surface area (Å²) in [5, 5.41) is 10.9. The number of non-ortho nitro benzene ring substituents is 1. The zero-order valence-corrected chi connectivity index (χ0v) is 17.5. The number of nitrogens with zero attached hydrogens (tertiary/aromatic N) is 3. The van der Waals surface area contributed by atoms with Crippen LogP contribution in [-0.2, 0) is 11.8 Å². The van der Waals surface area contributed by atoms with E-state index in [1.165, 1.54) is 30.3 Å². The first-order valence-corrected chi connectivity index (χ1v) is 9.96. The average Bonchev–Trinajstić information content (AvgIpc) is 3.18. The lowest BCUT2D eigenvalue weighted by atomic mass is 10.1. The third-order valence-corrected chi connectivity index (χ3v) is 5.15. The predicted octanol–water partition coefficient (Wildman–Crippen LogP) is 3.75. The first-order chi connectivity index (χ1) is 15.4. The number of rotatable bonds is 6. The summed E-state index contributed by atoms with van der Waals surface area (Å²) in [4.78, 5) is 36.2. The largest absolute Gasteiger partial charge is 0.462 e. The van der Waals surface area contributed by atoms with Crippen LogP contribution in [-0.4, -0.2) is 27.7 Å². The molecule has 0 unspecified atom stereocenters. The number of nitro groups is 1. The SMILES string of the molecule is CCOC(=O)c1cc(C(=O)c2ccc([N+](=O)[O-])cc2)n2ccc(-c3cc[n+](C)cc3)cc12. The molecule has 0 bridgehead atoms. The van der Waals surface area contributed by atoms with Crippen molar-refractivity contribution >= 4 is 23.0 Å². The molecule has 4 rings (SSSR count). The van der Waals surface area contributed by atoms with Gasteiger partial charge in [0.25, 0.3) is 5.69 Å². The maximum absolute atomic E-state index is 13.2. The third-order valence-electron chi connectivity index (χ3n) is 5.15. The van der Waals surface area contributed by atoms with Crippen molar-refractivity contribution in [3.8, 4) is 11.1 Å². The van der Waals surface area contributed by atoms with E-state index in [0.29, 0.717) is 5.52 Å².